The van der Waals surface area contributed by atoms with Gasteiger partial charge in [0.2, 0.25) is 0 Å². The predicted molar refractivity (Wildman–Crippen MR) is 156 cm³/mol. The third-order valence-electron chi connectivity index (χ3n) is 10.6. The van der Waals surface area contributed by atoms with Crippen molar-refractivity contribution in [1.29, 1.82) is 0 Å². The van der Waals surface area contributed by atoms with Gasteiger partial charge in [-0.15, -0.1) is 0 Å². The molecule has 2 aliphatic heterocycles. The van der Waals surface area contributed by atoms with E-state index in [1.807, 2.05) is 67.6 Å². The number of benzene rings is 2. The van der Waals surface area contributed by atoms with E-state index in [-0.39, 0.29) is 12.1 Å². The Balaban J connectivity index is 0.987. The van der Waals surface area contributed by atoms with Crippen LogP contribution in [0, 0.1) is 23.7 Å². The molecule has 0 spiro atoms. The van der Waals surface area contributed by atoms with Crippen LogP contribution < -0.4 is 10.6 Å². The number of fused-ring (bicyclic) bond motifs is 1. The second-order valence-corrected chi connectivity index (χ2v) is 13.3. The minimum absolute atomic E-state index is 0.188. The van der Waals surface area contributed by atoms with Crippen LogP contribution in [0.3, 0.4) is 0 Å². The molecule has 3 saturated carbocycles. The van der Waals surface area contributed by atoms with Gasteiger partial charge >= 0.3 is 6.03 Å². The first kappa shape index (κ1) is 26.8. The molecule has 39 heavy (non-hydrogen) atoms. The van der Waals surface area contributed by atoms with Crippen LogP contribution in [0.5, 0.6) is 0 Å². The Hall–Kier alpha value is -2.37. The molecule has 0 aromatic heterocycles. The van der Waals surface area contributed by atoms with E-state index in [0.717, 1.165) is 53.7 Å². The zero-order valence-electron chi connectivity index (χ0n) is 23.6. The highest BCUT2D eigenvalue weighted by Crippen LogP contribution is 2.47. The molecule has 210 valence electrons. The van der Waals surface area contributed by atoms with Crippen molar-refractivity contribution in [2.24, 2.45) is 23.7 Å². The standard InChI is InChI=1S/C34H47N3O2/c1-24(34(39,29-8-4-2-5-9-29)30-10-6-3-7-11-30)35-33(38)36-31-14-12-25(13-15-31)16-17-37-23-28-19-26-18-27(20-28)22-32(37)21-26/h2-11,24-28,31-32,39H,12-23H2,1H3,(H2,35,36,38)/t24-,25?,26?,27?,28?,31?,32?/m0/s1. The molecule has 2 aromatic rings. The van der Waals surface area contributed by atoms with Gasteiger partial charge in [0.25, 0.3) is 0 Å². The smallest absolute Gasteiger partial charge is 0.315 e. The Labute approximate surface area is 234 Å². The van der Waals surface area contributed by atoms with Gasteiger partial charge in [-0.25, -0.2) is 4.79 Å². The van der Waals surface area contributed by atoms with Crippen molar-refractivity contribution in [2.45, 2.75) is 94.9 Å². The first-order valence-corrected chi connectivity index (χ1v) is 15.6. The van der Waals surface area contributed by atoms with E-state index in [1.165, 1.54) is 64.5 Å². The molecule has 3 atom stereocenters. The number of hydrogen-bond acceptors (Lipinski definition) is 3. The van der Waals surface area contributed by atoms with Gasteiger partial charge in [-0.2, -0.15) is 0 Å². The highest BCUT2D eigenvalue weighted by atomic mass is 16.3. The van der Waals surface area contributed by atoms with Crippen molar-refractivity contribution in [3.05, 3.63) is 71.8 Å². The Kier molecular flexibility index (Phi) is 8.00. The second-order valence-electron chi connectivity index (χ2n) is 13.3. The zero-order valence-corrected chi connectivity index (χ0v) is 23.6. The van der Waals surface area contributed by atoms with Crippen LogP contribution in [0.2, 0.25) is 0 Å². The summed E-state index contributed by atoms with van der Waals surface area (Å²) in [5.41, 5.74) is 0.230. The Bertz CT molecular complexity index is 1030. The van der Waals surface area contributed by atoms with E-state index in [0.29, 0.717) is 0 Å². The molecule has 2 heterocycles. The lowest BCUT2D eigenvalue weighted by atomic mass is 9.68. The summed E-state index contributed by atoms with van der Waals surface area (Å²) in [5, 5.41) is 18.2. The number of urea groups is 1. The van der Waals surface area contributed by atoms with Gasteiger partial charge in [-0.05, 0) is 112 Å². The normalized spacial score (nSPS) is 31.4. The molecule has 5 fully saturated rings. The summed E-state index contributed by atoms with van der Waals surface area (Å²) in [6.45, 7) is 4.52. The van der Waals surface area contributed by atoms with Gasteiger partial charge in [-0.3, -0.25) is 0 Å². The van der Waals surface area contributed by atoms with Crippen LogP contribution in [0.25, 0.3) is 0 Å². The van der Waals surface area contributed by atoms with Gasteiger partial charge in [0.1, 0.15) is 5.60 Å². The van der Waals surface area contributed by atoms with Gasteiger partial charge in [0.05, 0.1) is 6.04 Å². The molecule has 3 N–H and O–H groups in total. The van der Waals surface area contributed by atoms with Crippen molar-refractivity contribution >= 4 is 6.03 Å². The number of nitrogens with one attached hydrogen (secondary N) is 2. The minimum atomic E-state index is -1.32. The number of nitrogens with zero attached hydrogens (tertiary/aromatic N) is 1. The fourth-order valence-electron chi connectivity index (χ4n) is 8.68. The van der Waals surface area contributed by atoms with Gasteiger partial charge in [0, 0.05) is 18.6 Å². The maximum atomic E-state index is 13.1. The summed E-state index contributed by atoms with van der Waals surface area (Å²) in [6, 6.07) is 19.7. The highest BCUT2D eigenvalue weighted by molar-refractivity contribution is 5.75. The number of carbonyl (C=O) groups excluding carboxylic acids is 1. The van der Waals surface area contributed by atoms with Crippen LogP contribution >= 0.6 is 0 Å². The van der Waals surface area contributed by atoms with Crippen molar-refractivity contribution in [3.8, 4) is 0 Å². The molecule has 2 unspecified atom stereocenters. The van der Waals surface area contributed by atoms with E-state index in [1.54, 1.807) is 0 Å². The lowest BCUT2D eigenvalue weighted by molar-refractivity contribution is 0.0470. The minimum Gasteiger partial charge on any atom is -0.378 e. The first-order chi connectivity index (χ1) is 19.0. The summed E-state index contributed by atoms with van der Waals surface area (Å²) in [6.07, 6.45) is 13.2. The van der Waals surface area contributed by atoms with E-state index in [2.05, 4.69) is 15.5 Å². The molecule has 5 heteroatoms. The molecule has 2 saturated heterocycles. The second kappa shape index (κ2) is 11.6. The van der Waals surface area contributed by atoms with Crippen LogP contribution in [0.4, 0.5) is 4.79 Å². The van der Waals surface area contributed by atoms with E-state index >= 15 is 0 Å². The third-order valence-corrected chi connectivity index (χ3v) is 10.6. The van der Waals surface area contributed by atoms with Crippen molar-refractivity contribution in [3.63, 3.8) is 0 Å². The zero-order chi connectivity index (χ0) is 26.8. The number of amides is 2. The van der Waals surface area contributed by atoms with Gasteiger partial charge in [-0.1, -0.05) is 60.7 Å². The summed E-state index contributed by atoms with van der Waals surface area (Å²) in [7, 11) is 0. The molecular weight excluding hydrogens is 482 g/mol. The molecule has 5 aliphatic rings. The highest BCUT2D eigenvalue weighted by Gasteiger charge is 2.43. The molecule has 2 aromatic carbocycles. The maximum absolute atomic E-state index is 13.1. The first-order valence-electron chi connectivity index (χ1n) is 15.6. The summed E-state index contributed by atoms with van der Waals surface area (Å²) in [4.78, 5) is 16.0. The average molecular weight is 530 g/mol. The molecule has 5 nitrogen and oxygen atoms in total. The molecule has 7 rings (SSSR count). The molecular formula is C34H47N3O2. The van der Waals surface area contributed by atoms with Gasteiger partial charge in [0.15, 0.2) is 0 Å². The fraction of sp³-hybridized carbons (Fsp3) is 0.618. The van der Waals surface area contributed by atoms with Crippen molar-refractivity contribution in [2.75, 3.05) is 13.1 Å². The SMILES string of the molecule is C[C@H](NC(=O)NC1CCC(CCN2CC3CC4CC(C3)CC2C4)CC1)C(O)(c1ccccc1)c1ccccc1. The lowest BCUT2D eigenvalue weighted by Crippen LogP contribution is -2.54. The molecule has 4 bridgehead atoms. The molecule has 2 amide bonds. The van der Waals surface area contributed by atoms with E-state index in [9.17, 15) is 9.90 Å². The summed E-state index contributed by atoms with van der Waals surface area (Å²) >= 11 is 0. The lowest BCUT2D eigenvalue weighted by Gasteiger charge is -2.39. The Morgan fingerprint density at radius 1 is 0.872 bits per heavy atom. The van der Waals surface area contributed by atoms with Crippen LogP contribution in [-0.2, 0) is 5.60 Å². The average Bonchev–Trinajstić information content (AvgIpc) is 3.15. The topological polar surface area (TPSA) is 64.6 Å². The van der Waals surface area contributed by atoms with Crippen LogP contribution in [0.1, 0.15) is 82.3 Å². The Morgan fingerprint density at radius 2 is 1.44 bits per heavy atom. The number of rotatable bonds is 8. The summed E-state index contributed by atoms with van der Waals surface area (Å²) in [5.74, 6) is 3.78. The van der Waals surface area contributed by atoms with E-state index < -0.39 is 11.6 Å². The predicted octanol–water partition coefficient (Wildman–Crippen LogP) is 6.07. The monoisotopic (exact) mass is 529 g/mol. The summed E-state index contributed by atoms with van der Waals surface area (Å²) < 4.78 is 0. The van der Waals surface area contributed by atoms with Gasteiger partial charge < -0.3 is 20.6 Å². The van der Waals surface area contributed by atoms with Crippen molar-refractivity contribution in [1.82, 2.24) is 15.5 Å². The molecule has 0 radical (unpaired) electrons. The number of carbonyl (C=O) groups is 1. The van der Waals surface area contributed by atoms with Crippen molar-refractivity contribution < 1.29 is 9.90 Å². The largest absolute Gasteiger partial charge is 0.378 e. The quantitative estimate of drug-likeness (QED) is 0.389. The number of hydrogen-bond donors (Lipinski definition) is 3. The maximum Gasteiger partial charge on any atom is 0.315 e. The molecule has 3 aliphatic carbocycles. The Morgan fingerprint density at radius 3 is 2.03 bits per heavy atom. The fourth-order valence-corrected chi connectivity index (χ4v) is 8.68. The van der Waals surface area contributed by atoms with Crippen LogP contribution in [0.15, 0.2) is 60.7 Å². The van der Waals surface area contributed by atoms with Crippen LogP contribution in [-0.4, -0.2) is 47.3 Å². The van der Waals surface area contributed by atoms with E-state index in [4.69, 9.17) is 0 Å². The number of aliphatic hydroxyl groups is 1. The third kappa shape index (κ3) is 5.90.